The molecule has 1 aromatic carbocycles. The molecular weight excluding hydrogens is 283 g/mol. The van der Waals surface area contributed by atoms with Crippen molar-refractivity contribution < 1.29 is 32.7 Å². The fraction of sp³-hybridized carbons (Fsp3) is 0.364. The number of aliphatic carboxylic acids is 1. The summed E-state index contributed by atoms with van der Waals surface area (Å²) in [6.07, 6.45) is -8.62. The maximum absolute atomic E-state index is 12.6. The summed E-state index contributed by atoms with van der Waals surface area (Å²) in [4.78, 5) is 20.3. The van der Waals surface area contributed by atoms with Crippen molar-refractivity contribution in [2.45, 2.75) is 25.6 Å². The van der Waals surface area contributed by atoms with Crippen molar-refractivity contribution in [2.24, 2.45) is 0 Å². The van der Waals surface area contributed by atoms with Gasteiger partial charge in [-0.2, -0.15) is 13.2 Å². The van der Waals surface area contributed by atoms with E-state index in [1.165, 1.54) is 6.92 Å². The summed E-state index contributed by atoms with van der Waals surface area (Å²) in [5.74, 6) is -1.94. The molecule has 0 heterocycles. The van der Waals surface area contributed by atoms with Crippen LogP contribution in [-0.2, 0) is 4.79 Å². The first-order valence-electron chi connectivity index (χ1n) is 5.31. The van der Waals surface area contributed by atoms with Gasteiger partial charge in [-0.05, 0) is 19.1 Å². The summed E-state index contributed by atoms with van der Waals surface area (Å²) in [6, 6.07) is 3.04. The third-order valence-electron chi connectivity index (χ3n) is 2.37. The zero-order chi connectivity index (χ0) is 15.5. The minimum atomic E-state index is -4.85. The molecular formula is C11H10F3NO5. The summed E-state index contributed by atoms with van der Waals surface area (Å²) in [5.41, 5.74) is -0.150. The largest absolute Gasteiger partial charge is 0.481 e. The summed E-state index contributed by atoms with van der Waals surface area (Å²) >= 11 is 0. The maximum Gasteiger partial charge on any atom is 0.425 e. The van der Waals surface area contributed by atoms with Crippen molar-refractivity contribution in [3.8, 4) is 5.75 Å². The third kappa shape index (κ3) is 4.11. The van der Waals surface area contributed by atoms with Crippen LogP contribution < -0.4 is 4.74 Å². The Bertz CT molecular complexity index is 529. The van der Waals surface area contributed by atoms with Crippen LogP contribution in [0.5, 0.6) is 5.75 Å². The zero-order valence-electron chi connectivity index (χ0n) is 10.2. The number of rotatable bonds is 5. The molecule has 0 saturated heterocycles. The quantitative estimate of drug-likeness (QED) is 0.666. The fourth-order valence-corrected chi connectivity index (χ4v) is 1.45. The van der Waals surface area contributed by atoms with E-state index in [-0.39, 0.29) is 17.0 Å². The third-order valence-corrected chi connectivity index (χ3v) is 2.37. The molecule has 20 heavy (non-hydrogen) atoms. The second kappa shape index (κ2) is 5.76. The van der Waals surface area contributed by atoms with Gasteiger partial charge in [0.15, 0.2) is 0 Å². The van der Waals surface area contributed by atoms with Gasteiger partial charge in [0.1, 0.15) is 5.75 Å². The molecule has 9 heteroatoms. The van der Waals surface area contributed by atoms with E-state index in [0.29, 0.717) is 0 Å². The average molecular weight is 293 g/mol. The van der Waals surface area contributed by atoms with Gasteiger partial charge >= 0.3 is 12.1 Å². The number of nitro benzene ring substituents is 1. The summed E-state index contributed by atoms with van der Waals surface area (Å²) in [7, 11) is 0. The first kappa shape index (κ1) is 15.7. The first-order valence-corrected chi connectivity index (χ1v) is 5.31. The van der Waals surface area contributed by atoms with Crippen LogP contribution in [0, 0.1) is 17.0 Å². The molecule has 0 radical (unpaired) electrons. The lowest BCUT2D eigenvalue weighted by Gasteiger charge is -2.20. The normalized spacial score (nSPS) is 12.8. The predicted molar refractivity (Wildman–Crippen MR) is 60.6 cm³/mol. The fourth-order valence-electron chi connectivity index (χ4n) is 1.45. The first-order chi connectivity index (χ1) is 9.11. The lowest BCUT2D eigenvalue weighted by molar-refractivity contribution is -0.385. The van der Waals surface area contributed by atoms with Gasteiger partial charge in [-0.25, -0.2) is 0 Å². The number of hydrogen-bond donors (Lipinski definition) is 1. The zero-order valence-corrected chi connectivity index (χ0v) is 10.2. The van der Waals surface area contributed by atoms with E-state index in [1.54, 1.807) is 0 Å². The van der Waals surface area contributed by atoms with Gasteiger partial charge in [0.05, 0.1) is 11.3 Å². The summed E-state index contributed by atoms with van der Waals surface area (Å²) in [6.45, 7) is 1.34. The number of nitro groups is 1. The molecule has 0 aromatic heterocycles. The monoisotopic (exact) mass is 293 g/mol. The van der Waals surface area contributed by atoms with Crippen LogP contribution in [0.1, 0.15) is 12.0 Å². The van der Waals surface area contributed by atoms with E-state index in [9.17, 15) is 28.1 Å². The second-order valence-corrected chi connectivity index (χ2v) is 3.95. The number of benzene rings is 1. The smallest absolute Gasteiger partial charge is 0.425 e. The molecule has 110 valence electrons. The van der Waals surface area contributed by atoms with Crippen LogP contribution in [0.4, 0.5) is 18.9 Å². The second-order valence-electron chi connectivity index (χ2n) is 3.95. The Morgan fingerprint density at radius 2 is 2.10 bits per heavy atom. The van der Waals surface area contributed by atoms with E-state index in [1.807, 2.05) is 0 Å². The Kier molecular flexibility index (Phi) is 4.53. The molecule has 0 saturated carbocycles. The summed E-state index contributed by atoms with van der Waals surface area (Å²) in [5, 5.41) is 19.0. The van der Waals surface area contributed by atoms with Crippen molar-refractivity contribution in [3.05, 3.63) is 33.9 Å². The predicted octanol–water partition coefficient (Wildman–Crippen LogP) is 2.69. The average Bonchev–Trinajstić information content (AvgIpc) is 2.25. The lowest BCUT2D eigenvalue weighted by atomic mass is 10.2. The minimum Gasteiger partial charge on any atom is -0.481 e. The maximum atomic E-state index is 12.6. The number of carbonyl (C=O) groups is 1. The Morgan fingerprint density at radius 3 is 2.50 bits per heavy atom. The molecule has 6 nitrogen and oxygen atoms in total. The van der Waals surface area contributed by atoms with Crippen molar-refractivity contribution in [3.63, 3.8) is 0 Å². The molecule has 0 aliphatic heterocycles. The standard InChI is InChI=1S/C11H10F3NO5/c1-6-4-7(2-3-8(6)15(18)19)20-9(5-10(16)17)11(12,13)14/h2-4,9H,5H2,1H3,(H,16,17). The molecule has 0 fully saturated rings. The highest BCUT2D eigenvalue weighted by Crippen LogP contribution is 2.29. The molecule has 0 spiro atoms. The number of hydrogen-bond acceptors (Lipinski definition) is 4. The van der Waals surface area contributed by atoms with E-state index in [2.05, 4.69) is 4.74 Å². The number of halogens is 3. The number of ether oxygens (including phenoxy) is 1. The van der Waals surface area contributed by atoms with Gasteiger partial charge in [0.25, 0.3) is 5.69 Å². The van der Waals surface area contributed by atoms with Crippen LogP contribution >= 0.6 is 0 Å². The van der Waals surface area contributed by atoms with Gasteiger partial charge in [-0.3, -0.25) is 14.9 Å². The van der Waals surface area contributed by atoms with E-state index < -0.39 is 29.6 Å². The minimum absolute atomic E-state index is 0.115. The van der Waals surface area contributed by atoms with Crippen LogP contribution in [0.25, 0.3) is 0 Å². The Balaban J connectivity index is 2.97. The van der Waals surface area contributed by atoms with Crippen molar-refractivity contribution in [2.75, 3.05) is 0 Å². The SMILES string of the molecule is Cc1cc(OC(CC(=O)O)C(F)(F)F)ccc1[N+](=O)[O-]. The highest BCUT2D eigenvalue weighted by Gasteiger charge is 2.43. The molecule has 0 bridgehead atoms. The number of aryl methyl sites for hydroxylation is 1. The van der Waals surface area contributed by atoms with Gasteiger partial charge in [0.2, 0.25) is 6.10 Å². The van der Waals surface area contributed by atoms with Gasteiger partial charge in [-0.1, -0.05) is 0 Å². The molecule has 0 aliphatic carbocycles. The number of carboxylic acid groups (broad SMARTS) is 1. The van der Waals surface area contributed by atoms with Crippen molar-refractivity contribution in [1.29, 1.82) is 0 Å². The molecule has 1 rings (SSSR count). The molecule has 1 atom stereocenters. The molecule has 0 aliphatic rings. The van der Waals surface area contributed by atoms with Crippen molar-refractivity contribution >= 4 is 11.7 Å². The van der Waals surface area contributed by atoms with Gasteiger partial charge < -0.3 is 9.84 Å². The van der Waals surface area contributed by atoms with Crippen LogP contribution in [0.15, 0.2) is 18.2 Å². The van der Waals surface area contributed by atoms with E-state index in [4.69, 9.17) is 5.11 Å². The molecule has 1 aromatic rings. The summed E-state index contributed by atoms with van der Waals surface area (Å²) < 4.78 is 42.3. The number of nitrogens with zero attached hydrogens (tertiary/aromatic N) is 1. The van der Waals surface area contributed by atoms with Gasteiger partial charge in [0, 0.05) is 11.6 Å². The van der Waals surface area contributed by atoms with Gasteiger partial charge in [-0.15, -0.1) is 0 Å². The van der Waals surface area contributed by atoms with Crippen LogP contribution in [0.3, 0.4) is 0 Å². The Labute approximate surface area is 110 Å². The number of carboxylic acids is 1. The molecule has 1 unspecified atom stereocenters. The molecule has 1 N–H and O–H groups in total. The number of alkyl halides is 3. The van der Waals surface area contributed by atoms with Crippen LogP contribution in [0.2, 0.25) is 0 Å². The van der Waals surface area contributed by atoms with Crippen molar-refractivity contribution in [1.82, 2.24) is 0 Å². The Morgan fingerprint density at radius 1 is 1.50 bits per heavy atom. The van der Waals surface area contributed by atoms with E-state index >= 15 is 0 Å². The lowest BCUT2D eigenvalue weighted by Crippen LogP contribution is -2.36. The molecule has 0 amide bonds. The topological polar surface area (TPSA) is 89.7 Å². The van der Waals surface area contributed by atoms with Crippen LogP contribution in [-0.4, -0.2) is 28.3 Å². The highest BCUT2D eigenvalue weighted by molar-refractivity contribution is 5.67. The Hall–Kier alpha value is -2.32. The highest BCUT2D eigenvalue weighted by atomic mass is 19.4. The van der Waals surface area contributed by atoms with E-state index in [0.717, 1.165) is 18.2 Å².